The lowest BCUT2D eigenvalue weighted by Gasteiger charge is -2.30. The van der Waals surface area contributed by atoms with Crippen LogP contribution in [0.4, 0.5) is 8.78 Å². The molecule has 0 unspecified atom stereocenters. The van der Waals surface area contributed by atoms with Crippen LogP contribution in [-0.2, 0) is 6.54 Å². The van der Waals surface area contributed by atoms with Gasteiger partial charge >= 0.3 is 0 Å². The van der Waals surface area contributed by atoms with E-state index in [0.29, 0.717) is 18.0 Å². The Hall–Kier alpha value is -1.65. The first-order valence-corrected chi connectivity index (χ1v) is 8.00. The minimum atomic E-state index is -1.13. The number of phenols is 1. The number of carbonyl (C=O) groups is 1. The third-order valence-electron chi connectivity index (χ3n) is 5.16. The van der Waals surface area contributed by atoms with Crippen molar-refractivity contribution in [1.29, 1.82) is 0 Å². The molecule has 0 aromatic heterocycles. The third kappa shape index (κ3) is 2.57. The van der Waals surface area contributed by atoms with Crippen LogP contribution in [0.5, 0.6) is 5.75 Å². The maximum absolute atomic E-state index is 13.9. The van der Waals surface area contributed by atoms with E-state index >= 15 is 0 Å². The highest BCUT2D eigenvalue weighted by Crippen LogP contribution is 2.35. The average molecular weight is 309 g/mol. The van der Waals surface area contributed by atoms with Gasteiger partial charge in [-0.15, -0.1) is 0 Å². The third-order valence-corrected chi connectivity index (χ3v) is 5.16. The minimum Gasteiger partial charge on any atom is -0.503 e. The van der Waals surface area contributed by atoms with Crippen molar-refractivity contribution in [3.05, 3.63) is 28.8 Å². The second-order valence-electron chi connectivity index (χ2n) is 6.54. The molecule has 3 rings (SSSR count). The van der Waals surface area contributed by atoms with E-state index in [1.54, 1.807) is 4.90 Å². The highest BCUT2D eigenvalue weighted by Gasteiger charge is 2.35. The van der Waals surface area contributed by atoms with Crippen molar-refractivity contribution in [2.75, 3.05) is 6.54 Å². The fourth-order valence-electron chi connectivity index (χ4n) is 3.73. The Morgan fingerprint density at radius 1 is 1.23 bits per heavy atom. The Balaban J connectivity index is 1.71. The standard InChI is InChI=1S/C17H21F2NO2/c1-2-10-3-5-11(6-4-10)8-20-9-12-7-13(18)16(21)15(19)14(12)17(20)22/h7,10-11,21H,2-6,8-9H2,1H3. The van der Waals surface area contributed by atoms with Crippen molar-refractivity contribution < 1.29 is 18.7 Å². The van der Waals surface area contributed by atoms with Crippen LogP contribution in [0, 0.1) is 23.5 Å². The normalized spacial score (nSPS) is 24.7. The highest BCUT2D eigenvalue weighted by molar-refractivity contribution is 5.99. The van der Waals surface area contributed by atoms with Gasteiger partial charge in [-0.1, -0.05) is 26.2 Å². The van der Waals surface area contributed by atoms with Crippen molar-refractivity contribution in [3.8, 4) is 5.75 Å². The topological polar surface area (TPSA) is 40.5 Å². The van der Waals surface area contributed by atoms with Crippen molar-refractivity contribution in [2.24, 2.45) is 11.8 Å². The first kappa shape index (κ1) is 15.3. The quantitative estimate of drug-likeness (QED) is 0.921. The zero-order valence-corrected chi connectivity index (χ0v) is 12.7. The van der Waals surface area contributed by atoms with Crippen LogP contribution < -0.4 is 0 Å². The molecule has 3 nitrogen and oxygen atoms in total. The number of amides is 1. The van der Waals surface area contributed by atoms with Gasteiger partial charge in [0.1, 0.15) is 0 Å². The van der Waals surface area contributed by atoms with Gasteiger partial charge in [-0.25, -0.2) is 8.78 Å². The van der Waals surface area contributed by atoms with Crippen molar-refractivity contribution in [2.45, 2.75) is 45.6 Å². The Kier molecular flexibility index (Phi) is 4.06. The molecule has 0 atom stereocenters. The van der Waals surface area contributed by atoms with E-state index in [4.69, 9.17) is 0 Å². The molecule has 0 radical (unpaired) electrons. The first-order valence-electron chi connectivity index (χ1n) is 8.00. The molecule has 1 aliphatic heterocycles. The Bertz CT molecular complexity index is 595. The summed E-state index contributed by atoms with van der Waals surface area (Å²) in [5.41, 5.74) is 0.168. The molecule has 0 bridgehead atoms. The zero-order chi connectivity index (χ0) is 15.9. The summed E-state index contributed by atoms with van der Waals surface area (Å²) in [7, 11) is 0. The summed E-state index contributed by atoms with van der Waals surface area (Å²) in [6, 6.07) is 1.07. The van der Waals surface area contributed by atoms with E-state index in [2.05, 4.69) is 6.92 Å². The summed E-state index contributed by atoms with van der Waals surface area (Å²) < 4.78 is 27.3. The predicted molar refractivity (Wildman–Crippen MR) is 78.5 cm³/mol. The fraction of sp³-hybridized carbons (Fsp3) is 0.588. The molecule has 1 amide bonds. The number of rotatable bonds is 3. The molecule has 1 aromatic rings. The molecule has 1 aromatic carbocycles. The van der Waals surface area contributed by atoms with Crippen molar-refractivity contribution >= 4 is 5.91 Å². The highest BCUT2D eigenvalue weighted by atomic mass is 19.1. The molecule has 1 N–H and O–H groups in total. The SMILES string of the molecule is CCC1CCC(CN2Cc3cc(F)c(O)c(F)c3C2=O)CC1. The number of aromatic hydroxyl groups is 1. The minimum absolute atomic E-state index is 0.166. The summed E-state index contributed by atoms with van der Waals surface area (Å²) in [6.07, 6.45) is 5.73. The molecule has 0 saturated heterocycles. The van der Waals surface area contributed by atoms with Crippen LogP contribution in [0.25, 0.3) is 0 Å². The Labute approximate surface area is 128 Å². The molecular weight excluding hydrogens is 288 g/mol. The van der Waals surface area contributed by atoms with Gasteiger partial charge in [0.15, 0.2) is 17.4 Å². The average Bonchev–Trinajstić information content (AvgIpc) is 2.82. The number of carbonyl (C=O) groups excluding carboxylic acids is 1. The molecule has 120 valence electrons. The van der Waals surface area contributed by atoms with Crippen molar-refractivity contribution in [1.82, 2.24) is 4.90 Å². The second kappa shape index (κ2) is 5.86. The summed E-state index contributed by atoms with van der Waals surface area (Å²) in [5.74, 6) is -2.40. The van der Waals surface area contributed by atoms with E-state index in [9.17, 15) is 18.7 Å². The van der Waals surface area contributed by atoms with Crippen LogP contribution in [0.1, 0.15) is 54.9 Å². The van der Waals surface area contributed by atoms with Crippen LogP contribution in [0.3, 0.4) is 0 Å². The second-order valence-corrected chi connectivity index (χ2v) is 6.54. The summed E-state index contributed by atoms with van der Waals surface area (Å²) >= 11 is 0. The molecule has 1 fully saturated rings. The summed E-state index contributed by atoms with van der Waals surface area (Å²) in [6.45, 7) is 3.02. The Morgan fingerprint density at radius 3 is 2.50 bits per heavy atom. The van der Waals surface area contributed by atoms with Gasteiger partial charge in [0, 0.05) is 13.1 Å². The summed E-state index contributed by atoms with van der Waals surface area (Å²) in [5, 5.41) is 9.33. The number of fused-ring (bicyclic) bond motifs is 1. The smallest absolute Gasteiger partial charge is 0.257 e. The largest absolute Gasteiger partial charge is 0.503 e. The van der Waals surface area contributed by atoms with E-state index < -0.39 is 23.3 Å². The van der Waals surface area contributed by atoms with Gasteiger partial charge in [-0.2, -0.15) is 0 Å². The van der Waals surface area contributed by atoms with Crippen LogP contribution >= 0.6 is 0 Å². The number of hydrogen-bond donors (Lipinski definition) is 1. The van der Waals surface area contributed by atoms with Gasteiger partial charge in [0.25, 0.3) is 5.91 Å². The van der Waals surface area contributed by atoms with Crippen LogP contribution in [0.2, 0.25) is 0 Å². The molecular formula is C17H21F2NO2. The van der Waals surface area contributed by atoms with Gasteiger partial charge in [-0.05, 0) is 36.3 Å². The lowest BCUT2D eigenvalue weighted by atomic mass is 9.80. The molecule has 5 heteroatoms. The number of hydrogen-bond acceptors (Lipinski definition) is 2. The fourth-order valence-corrected chi connectivity index (χ4v) is 3.73. The molecule has 1 saturated carbocycles. The summed E-state index contributed by atoms with van der Waals surface area (Å²) in [4.78, 5) is 13.9. The molecule has 1 aliphatic carbocycles. The van der Waals surface area contributed by atoms with Crippen LogP contribution in [0.15, 0.2) is 6.07 Å². The first-order chi connectivity index (χ1) is 10.5. The van der Waals surface area contributed by atoms with E-state index in [1.807, 2.05) is 0 Å². The monoisotopic (exact) mass is 309 g/mol. The van der Waals surface area contributed by atoms with E-state index in [0.717, 1.165) is 24.8 Å². The predicted octanol–water partition coefficient (Wildman–Crippen LogP) is 3.84. The molecule has 2 aliphatic rings. The zero-order valence-electron chi connectivity index (χ0n) is 12.7. The number of benzene rings is 1. The van der Waals surface area contributed by atoms with Crippen molar-refractivity contribution in [3.63, 3.8) is 0 Å². The van der Waals surface area contributed by atoms with Crippen LogP contribution in [-0.4, -0.2) is 22.5 Å². The van der Waals surface area contributed by atoms with Gasteiger partial charge in [0.05, 0.1) is 5.56 Å². The van der Waals surface area contributed by atoms with Gasteiger partial charge < -0.3 is 10.0 Å². The Morgan fingerprint density at radius 2 is 1.86 bits per heavy atom. The number of halogens is 2. The van der Waals surface area contributed by atoms with Gasteiger partial charge in [0.2, 0.25) is 0 Å². The number of nitrogens with zero attached hydrogens (tertiary/aromatic N) is 1. The molecule has 1 heterocycles. The number of phenolic OH excluding ortho intramolecular Hbond substituents is 1. The van der Waals surface area contributed by atoms with E-state index in [1.165, 1.54) is 19.3 Å². The molecule has 0 spiro atoms. The molecule has 22 heavy (non-hydrogen) atoms. The van der Waals surface area contributed by atoms with Gasteiger partial charge in [-0.3, -0.25) is 4.79 Å². The lowest BCUT2D eigenvalue weighted by Crippen LogP contribution is -2.32. The maximum Gasteiger partial charge on any atom is 0.257 e. The van der Waals surface area contributed by atoms with E-state index in [-0.39, 0.29) is 12.1 Å². The maximum atomic E-state index is 13.9. The lowest BCUT2D eigenvalue weighted by molar-refractivity contribution is 0.0725.